The fourth-order valence-electron chi connectivity index (χ4n) is 1.08. The monoisotopic (exact) mass is 247 g/mol. The van der Waals surface area contributed by atoms with Gasteiger partial charge in [0.15, 0.2) is 5.25 Å². The molecule has 0 saturated carbocycles. The average Bonchev–Trinajstić information content (AvgIpc) is 2.68. The number of nitrogens with one attached hydrogen (secondary N) is 1. The van der Waals surface area contributed by atoms with E-state index in [-0.39, 0.29) is 6.54 Å². The molecule has 0 spiro atoms. The summed E-state index contributed by atoms with van der Waals surface area (Å²) in [6.07, 6.45) is 3.06. The normalized spacial score (nSPS) is 13.9. The van der Waals surface area contributed by atoms with Crippen LogP contribution in [0.1, 0.15) is 12.7 Å². The van der Waals surface area contributed by atoms with Gasteiger partial charge in [-0.15, -0.1) is 0 Å². The molecule has 8 heteroatoms. The number of sulfonamides is 1. The molecule has 1 rings (SSSR count). The standard InChI is InChI=1S/C8H13N3O4S/c1-6(8(12)13)16(14,15)11(2)5-7-9-3-4-10-7/h3-4,6H,5H2,1-2H3,(H,9,10)(H,12,13). The molecule has 90 valence electrons. The van der Waals surface area contributed by atoms with Crippen molar-refractivity contribution >= 4 is 16.0 Å². The zero-order valence-corrected chi connectivity index (χ0v) is 9.73. The van der Waals surface area contributed by atoms with Crippen LogP contribution in [0.4, 0.5) is 0 Å². The predicted molar refractivity (Wildman–Crippen MR) is 56.1 cm³/mol. The number of rotatable bonds is 5. The first-order chi connectivity index (χ1) is 7.35. The largest absolute Gasteiger partial charge is 0.480 e. The van der Waals surface area contributed by atoms with Crippen LogP contribution < -0.4 is 0 Å². The fraction of sp³-hybridized carbons (Fsp3) is 0.500. The van der Waals surface area contributed by atoms with E-state index in [9.17, 15) is 13.2 Å². The van der Waals surface area contributed by atoms with Gasteiger partial charge in [-0.1, -0.05) is 0 Å². The summed E-state index contributed by atoms with van der Waals surface area (Å²) in [6, 6.07) is 0. The van der Waals surface area contributed by atoms with Crippen molar-refractivity contribution in [3.05, 3.63) is 18.2 Å². The predicted octanol–water partition coefficient (Wildman–Crippen LogP) is -0.356. The Bertz CT molecular complexity index is 454. The third kappa shape index (κ3) is 2.58. The molecule has 0 bridgehead atoms. The molecule has 0 fully saturated rings. The molecule has 0 aliphatic heterocycles. The minimum absolute atomic E-state index is 0.0208. The van der Waals surface area contributed by atoms with Crippen molar-refractivity contribution in [1.82, 2.24) is 14.3 Å². The maximum atomic E-state index is 11.7. The third-order valence-corrected chi connectivity index (χ3v) is 4.25. The van der Waals surface area contributed by atoms with Crippen molar-refractivity contribution in [1.29, 1.82) is 0 Å². The number of hydrogen-bond donors (Lipinski definition) is 2. The third-order valence-electron chi connectivity index (χ3n) is 2.16. The summed E-state index contributed by atoms with van der Waals surface area (Å²) >= 11 is 0. The molecule has 0 aromatic carbocycles. The quantitative estimate of drug-likeness (QED) is 0.739. The number of carboxylic acids is 1. The zero-order valence-electron chi connectivity index (χ0n) is 8.91. The van der Waals surface area contributed by atoms with Gasteiger partial charge in [0.2, 0.25) is 10.0 Å². The molecule has 0 aliphatic carbocycles. The first kappa shape index (κ1) is 12.7. The molecule has 0 amide bonds. The van der Waals surface area contributed by atoms with E-state index in [1.54, 1.807) is 6.20 Å². The van der Waals surface area contributed by atoms with E-state index < -0.39 is 21.2 Å². The highest BCUT2D eigenvalue weighted by atomic mass is 32.2. The Balaban J connectivity index is 2.81. The molecule has 1 aromatic heterocycles. The van der Waals surface area contributed by atoms with Gasteiger partial charge in [0, 0.05) is 19.4 Å². The number of carbonyl (C=O) groups is 1. The summed E-state index contributed by atoms with van der Waals surface area (Å²) in [5.41, 5.74) is 0. The Labute approximate surface area is 93.2 Å². The lowest BCUT2D eigenvalue weighted by atomic mass is 10.5. The number of carboxylic acid groups (broad SMARTS) is 1. The molecule has 0 radical (unpaired) electrons. The summed E-state index contributed by atoms with van der Waals surface area (Å²) in [5, 5.41) is 7.20. The first-order valence-electron chi connectivity index (χ1n) is 4.52. The van der Waals surface area contributed by atoms with E-state index in [1.165, 1.54) is 13.2 Å². The Morgan fingerprint density at radius 1 is 1.69 bits per heavy atom. The number of H-pyrrole nitrogens is 1. The average molecular weight is 247 g/mol. The van der Waals surface area contributed by atoms with Gasteiger partial charge < -0.3 is 10.1 Å². The molecule has 0 saturated heterocycles. The fourth-order valence-corrected chi connectivity index (χ4v) is 2.18. The lowest BCUT2D eigenvalue weighted by Gasteiger charge is -2.18. The Morgan fingerprint density at radius 2 is 2.31 bits per heavy atom. The highest BCUT2D eigenvalue weighted by molar-refractivity contribution is 7.90. The van der Waals surface area contributed by atoms with E-state index in [0.29, 0.717) is 5.82 Å². The van der Waals surface area contributed by atoms with Crippen molar-refractivity contribution < 1.29 is 18.3 Å². The number of aliphatic carboxylic acids is 1. The highest BCUT2D eigenvalue weighted by Gasteiger charge is 2.31. The second-order valence-electron chi connectivity index (χ2n) is 3.32. The number of imidazole rings is 1. The molecular formula is C8H13N3O4S. The summed E-state index contributed by atoms with van der Waals surface area (Å²) in [6.45, 7) is 1.16. The lowest BCUT2D eigenvalue weighted by molar-refractivity contribution is -0.136. The topological polar surface area (TPSA) is 103 Å². The molecule has 1 unspecified atom stereocenters. The summed E-state index contributed by atoms with van der Waals surface area (Å²) in [4.78, 5) is 17.2. The van der Waals surface area contributed by atoms with Crippen molar-refractivity contribution in [3.63, 3.8) is 0 Å². The van der Waals surface area contributed by atoms with Crippen LogP contribution in [0, 0.1) is 0 Å². The number of aromatic amines is 1. The van der Waals surface area contributed by atoms with E-state index in [2.05, 4.69) is 9.97 Å². The SMILES string of the molecule is CC(C(=O)O)S(=O)(=O)N(C)Cc1ncc[nH]1. The minimum Gasteiger partial charge on any atom is -0.480 e. The van der Waals surface area contributed by atoms with Gasteiger partial charge in [0.1, 0.15) is 5.82 Å². The van der Waals surface area contributed by atoms with Gasteiger partial charge >= 0.3 is 5.97 Å². The summed E-state index contributed by atoms with van der Waals surface area (Å²) in [7, 11) is -2.52. The maximum Gasteiger partial charge on any atom is 0.323 e. The number of nitrogens with zero attached hydrogens (tertiary/aromatic N) is 2. The smallest absolute Gasteiger partial charge is 0.323 e. The lowest BCUT2D eigenvalue weighted by Crippen LogP contribution is -2.38. The van der Waals surface area contributed by atoms with Crippen molar-refractivity contribution in [2.75, 3.05) is 7.05 Å². The first-order valence-corrected chi connectivity index (χ1v) is 6.02. The Hall–Kier alpha value is -1.41. The van der Waals surface area contributed by atoms with Gasteiger partial charge in [0.05, 0.1) is 6.54 Å². The molecule has 0 aliphatic rings. The van der Waals surface area contributed by atoms with Crippen LogP contribution in [0.5, 0.6) is 0 Å². The van der Waals surface area contributed by atoms with Crippen LogP contribution in [0.25, 0.3) is 0 Å². The van der Waals surface area contributed by atoms with Crippen LogP contribution in [0.2, 0.25) is 0 Å². The molecule has 1 heterocycles. The van der Waals surface area contributed by atoms with E-state index >= 15 is 0 Å². The van der Waals surface area contributed by atoms with E-state index in [0.717, 1.165) is 11.2 Å². The van der Waals surface area contributed by atoms with Gasteiger partial charge in [-0.2, -0.15) is 4.31 Å². The van der Waals surface area contributed by atoms with Crippen molar-refractivity contribution in [2.24, 2.45) is 0 Å². The molecule has 1 atom stereocenters. The van der Waals surface area contributed by atoms with Gasteiger partial charge in [-0.3, -0.25) is 4.79 Å². The second-order valence-corrected chi connectivity index (χ2v) is 5.68. The molecule has 16 heavy (non-hydrogen) atoms. The minimum atomic E-state index is -3.84. The van der Waals surface area contributed by atoms with Crippen LogP contribution in [0.3, 0.4) is 0 Å². The van der Waals surface area contributed by atoms with Crippen LogP contribution in [0.15, 0.2) is 12.4 Å². The van der Waals surface area contributed by atoms with Crippen LogP contribution >= 0.6 is 0 Å². The number of hydrogen-bond acceptors (Lipinski definition) is 4. The second kappa shape index (κ2) is 4.62. The number of aromatic nitrogens is 2. The van der Waals surface area contributed by atoms with E-state index in [1.807, 2.05) is 0 Å². The Kier molecular flexibility index (Phi) is 3.66. The molecule has 1 aromatic rings. The van der Waals surface area contributed by atoms with Crippen molar-refractivity contribution in [2.45, 2.75) is 18.7 Å². The summed E-state index contributed by atoms with van der Waals surface area (Å²) < 4.78 is 24.4. The van der Waals surface area contributed by atoms with Gasteiger partial charge in [0.25, 0.3) is 0 Å². The van der Waals surface area contributed by atoms with E-state index in [4.69, 9.17) is 5.11 Å². The van der Waals surface area contributed by atoms with Gasteiger partial charge in [-0.05, 0) is 6.92 Å². The molecule has 2 N–H and O–H groups in total. The molecular weight excluding hydrogens is 234 g/mol. The van der Waals surface area contributed by atoms with Gasteiger partial charge in [-0.25, -0.2) is 13.4 Å². The Morgan fingerprint density at radius 3 is 2.75 bits per heavy atom. The molecule has 7 nitrogen and oxygen atoms in total. The highest BCUT2D eigenvalue weighted by Crippen LogP contribution is 2.09. The maximum absolute atomic E-state index is 11.7. The van der Waals surface area contributed by atoms with Crippen LogP contribution in [-0.4, -0.2) is 46.1 Å². The van der Waals surface area contributed by atoms with Crippen LogP contribution in [-0.2, 0) is 21.4 Å². The zero-order chi connectivity index (χ0) is 12.3. The summed E-state index contributed by atoms with van der Waals surface area (Å²) in [5.74, 6) is -0.907. The van der Waals surface area contributed by atoms with Crippen molar-refractivity contribution in [3.8, 4) is 0 Å².